The quantitative estimate of drug-likeness (QED) is 0.860. The zero-order valence-electron chi connectivity index (χ0n) is 11.2. The molecule has 0 spiro atoms. The van der Waals surface area contributed by atoms with Gasteiger partial charge in [0.25, 0.3) is 5.91 Å². The van der Waals surface area contributed by atoms with Gasteiger partial charge in [0.2, 0.25) is 6.10 Å². The van der Waals surface area contributed by atoms with Crippen molar-refractivity contribution in [3.8, 4) is 11.5 Å². The predicted octanol–water partition coefficient (Wildman–Crippen LogP) is 2.51. The molecule has 5 heteroatoms. The van der Waals surface area contributed by atoms with Gasteiger partial charge in [-0.25, -0.2) is 0 Å². The highest BCUT2D eigenvalue weighted by atomic mass is 79.9. The molecule has 1 N–H and O–H groups in total. The van der Waals surface area contributed by atoms with Crippen LogP contribution in [0.5, 0.6) is 11.5 Å². The van der Waals surface area contributed by atoms with E-state index in [4.69, 9.17) is 9.47 Å². The summed E-state index contributed by atoms with van der Waals surface area (Å²) in [6.45, 7) is 0.974. The lowest BCUT2D eigenvalue weighted by molar-refractivity contribution is -0.130. The SMILES string of the molecule is O=C(NCC1CCCC1Br)C1COc2ccccc2O1. The van der Waals surface area contributed by atoms with Crippen LogP contribution in [0.2, 0.25) is 0 Å². The van der Waals surface area contributed by atoms with Crippen LogP contribution in [0.15, 0.2) is 24.3 Å². The van der Waals surface area contributed by atoms with Gasteiger partial charge in [0.15, 0.2) is 11.5 Å². The van der Waals surface area contributed by atoms with Gasteiger partial charge in [-0.15, -0.1) is 0 Å². The number of hydrogen-bond acceptors (Lipinski definition) is 3. The van der Waals surface area contributed by atoms with Crippen LogP contribution in [0.4, 0.5) is 0 Å². The minimum atomic E-state index is -0.555. The van der Waals surface area contributed by atoms with Crippen LogP contribution >= 0.6 is 15.9 Å². The van der Waals surface area contributed by atoms with E-state index in [0.717, 1.165) is 0 Å². The standard InChI is InChI=1S/C15H18BrNO3/c16-11-5-3-4-10(11)8-17-15(18)14-9-19-12-6-1-2-7-13(12)20-14/h1-2,6-7,10-11,14H,3-5,8-9H2,(H,17,18). The smallest absolute Gasteiger partial charge is 0.264 e. The van der Waals surface area contributed by atoms with E-state index in [1.54, 1.807) is 0 Å². The summed E-state index contributed by atoms with van der Waals surface area (Å²) in [5.41, 5.74) is 0. The van der Waals surface area contributed by atoms with Gasteiger partial charge in [0, 0.05) is 11.4 Å². The summed E-state index contributed by atoms with van der Waals surface area (Å²) < 4.78 is 11.2. The van der Waals surface area contributed by atoms with Crippen molar-refractivity contribution >= 4 is 21.8 Å². The molecule has 20 heavy (non-hydrogen) atoms. The molecule has 2 aliphatic rings. The molecular weight excluding hydrogens is 322 g/mol. The van der Waals surface area contributed by atoms with Gasteiger partial charge in [0.1, 0.15) is 6.61 Å². The summed E-state index contributed by atoms with van der Waals surface area (Å²) in [4.78, 5) is 12.7. The Labute approximate surface area is 127 Å². The number of fused-ring (bicyclic) bond motifs is 1. The third-order valence-electron chi connectivity index (χ3n) is 3.91. The molecule has 1 saturated carbocycles. The van der Waals surface area contributed by atoms with E-state index < -0.39 is 6.10 Å². The summed E-state index contributed by atoms with van der Waals surface area (Å²) in [7, 11) is 0. The van der Waals surface area contributed by atoms with Gasteiger partial charge in [-0.3, -0.25) is 4.79 Å². The second-order valence-corrected chi connectivity index (χ2v) is 6.49. The van der Waals surface area contributed by atoms with Gasteiger partial charge in [-0.2, -0.15) is 0 Å². The molecule has 1 amide bonds. The van der Waals surface area contributed by atoms with Crippen molar-refractivity contribution in [3.05, 3.63) is 24.3 Å². The monoisotopic (exact) mass is 339 g/mol. The third kappa shape index (κ3) is 2.92. The number of carbonyl (C=O) groups excluding carboxylic acids is 1. The highest BCUT2D eigenvalue weighted by molar-refractivity contribution is 9.09. The fourth-order valence-electron chi connectivity index (χ4n) is 2.72. The topological polar surface area (TPSA) is 47.6 Å². The number of rotatable bonds is 3. The van der Waals surface area contributed by atoms with E-state index in [-0.39, 0.29) is 12.5 Å². The molecule has 1 aliphatic carbocycles. The Hall–Kier alpha value is -1.23. The maximum absolute atomic E-state index is 12.1. The molecule has 1 aromatic rings. The molecule has 3 rings (SSSR count). The second-order valence-electron chi connectivity index (χ2n) is 5.32. The lowest BCUT2D eigenvalue weighted by Crippen LogP contribution is -2.45. The summed E-state index contributed by atoms with van der Waals surface area (Å²) in [5, 5.41) is 2.98. The summed E-state index contributed by atoms with van der Waals surface area (Å²) in [6.07, 6.45) is 3.03. The van der Waals surface area contributed by atoms with Crippen molar-refractivity contribution in [2.24, 2.45) is 5.92 Å². The van der Waals surface area contributed by atoms with Crippen molar-refractivity contribution < 1.29 is 14.3 Å². The Morgan fingerprint density at radius 3 is 2.85 bits per heavy atom. The Morgan fingerprint density at radius 2 is 2.10 bits per heavy atom. The van der Waals surface area contributed by atoms with E-state index >= 15 is 0 Å². The number of hydrogen-bond donors (Lipinski definition) is 1. The number of carbonyl (C=O) groups is 1. The molecule has 4 nitrogen and oxygen atoms in total. The van der Waals surface area contributed by atoms with Gasteiger partial charge in [0.05, 0.1) is 0 Å². The highest BCUT2D eigenvalue weighted by Crippen LogP contribution is 2.32. The van der Waals surface area contributed by atoms with Crippen LogP contribution in [0, 0.1) is 5.92 Å². The lowest BCUT2D eigenvalue weighted by Gasteiger charge is -2.26. The van der Waals surface area contributed by atoms with E-state index in [9.17, 15) is 4.79 Å². The molecule has 3 atom stereocenters. The third-order valence-corrected chi connectivity index (χ3v) is 5.11. The summed E-state index contributed by atoms with van der Waals surface area (Å²) in [6, 6.07) is 7.42. The molecule has 1 aromatic carbocycles. The minimum Gasteiger partial charge on any atom is -0.485 e. The maximum Gasteiger partial charge on any atom is 0.264 e. The zero-order valence-corrected chi connectivity index (χ0v) is 12.8. The fourth-order valence-corrected chi connectivity index (χ4v) is 3.49. The van der Waals surface area contributed by atoms with E-state index in [0.29, 0.717) is 28.8 Å². The molecule has 3 unspecified atom stereocenters. The lowest BCUT2D eigenvalue weighted by atomic mass is 10.1. The fraction of sp³-hybridized carbons (Fsp3) is 0.533. The Kier molecular flexibility index (Phi) is 4.15. The number of amides is 1. The molecular formula is C15H18BrNO3. The van der Waals surface area contributed by atoms with Crippen LogP contribution in [0.1, 0.15) is 19.3 Å². The van der Waals surface area contributed by atoms with Crippen molar-refractivity contribution in [2.45, 2.75) is 30.2 Å². The summed E-state index contributed by atoms with van der Waals surface area (Å²) >= 11 is 3.66. The average molecular weight is 340 g/mol. The first-order chi connectivity index (χ1) is 9.74. The van der Waals surface area contributed by atoms with Gasteiger partial charge >= 0.3 is 0 Å². The molecule has 108 valence electrons. The molecule has 0 aromatic heterocycles. The minimum absolute atomic E-state index is 0.0916. The van der Waals surface area contributed by atoms with Gasteiger partial charge < -0.3 is 14.8 Å². The maximum atomic E-state index is 12.1. The van der Waals surface area contributed by atoms with Crippen LogP contribution in [-0.2, 0) is 4.79 Å². The van der Waals surface area contributed by atoms with Crippen molar-refractivity contribution in [2.75, 3.05) is 13.2 Å². The molecule has 1 heterocycles. The molecule has 0 saturated heterocycles. The molecule has 1 fully saturated rings. The van der Waals surface area contributed by atoms with Crippen molar-refractivity contribution in [1.29, 1.82) is 0 Å². The largest absolute Gasteiger partial charge is 0.485 e. The highest BCUT2D eigenvalue weighted by Gasteiger charge is 2.29. The van der Waals surface area contributed by atoms with Gasteiger partial charge in [-0.05, 0) is 30.9 Å². The second kappa shape index (κ2) is 6.04. The van der Waals surface area contributed by atoms with Crippen LogP contribution in [-0.4, -0.2) is 30.0 Å². The molecule has 0 radical (unpaired) electrons. The van der Waals surface area contributed by atoms with E-state index in [1.165, 1.54) is 19.3 Å². The Morgan fingerprint density at radius 1 is 1.30 bits per heavy atom. The van der Waals surface area contributed by atoms with Crippen LogP contribution in [0.3, 0.4) is 0 Å². The molecule has 0 bridgehead atoms. The Bertz CT molecular complexity index is 494. The first-order valence-electron chi connectivity index (χ1n) is 7.04. The zero-order chi connectivity index (χ0) is 13.9. The van der Waals surface area contributed by atoms with Crippen molar-refractivity contribution in [3.63, 3.8) is 0 Å². The van der Waals surface area contributed by atoms with E-state index in [1.807, 2.05) is 24.3 Å². The molecule has 1 aliphatic heterocycles. The first-order valence-corrected chi connectivity index (χ1v) is 7.96. The average Bonchev–Trinajstić information content (AvgIpc) is 2.89. The number of benzene rings is 1. The number of ether oxygens (including phenoxy) is 2. The van der Waals surface area contributed by atoms with Crippen LogP contribution < -0.4 is 14.8 Å². The number of alkyl halides is 1. The number of halogens is 1. The van der Waals surface area contributed by atoms with Gasteiger partial charge in [-0.1, -0.05) is 34.5 Å². The predicted molar refractivity (Wildman–Crippen MR) is 79.4 cm³/mol. The first kappa shape index (κ1) is 13.7. The van der Waals surface area contributed by atoms with E-state index in [2.05, 4.69) is 21.2 Å². The Balaban J connectivity index is 1.54. The number of para-hydroxylation sites is 2. The number of nitrogens with one attached hydrogen (secondary N) is 1. The summed E-state index contributed by atoms with van der Waals surface area (Å²) in [5.74, 6) is 1.77. The normalized spacial score (nSPS) is 28.1. The van der Waals surface area contributed by atoms with Crippen molar-refractivity contribution in [1.82, 2.24) is 5.32 Å². The van der Waals surface area contributed by atoms with Crippen LogP contribution in [0.25, 0.3) is 0 Å².